The molecule has 1 unspecified atom stereocenters. The minimum absolute atomic E-state index is 0.0898. The van der Waals surface area contributed by atoms with Gasteiger partial charge < -0.3 is 19.1 Å². The Balaban J connectivity index is 1.50. The molecule has 0 aliphatic carbocycles. The van der Waals surface area contributed by atoms with Crippen molar-refractivity contribution in [1.29, 1.82) is 0 Å². The summed E-state index contributed by atoms with van der Waals surface area (Å²) in [5.74, 6) is 0.527. The average molecular weight is 586 g/mol. The van der Waals surface area contributed by atoms with Gasteiger partial charge in [0, 0.05) is 20.2 Å². The first-order valence-corrected chi connectivity index (χ1v) is 15.3. The molecule has 0 N–H and O–H groups in total. The van der Waals surface area contributed by atoms with Gasteiger partial charge >= 0.3 is 0 Å². The van der Waals surface area contributed by atoms with Crippen LogP contribution in [0.2, 0.25) is 0 Å². The molecule has 0 spiro atoms. The highest BCUT2D eigenvalue weighted by Crippen LogP contribution is 2.27. The number of amides is 1. The molecule has 222 valence electrons. The largest absolute Gasteiger partial charge is 0.497 e. The van der Waals surface area contributed by atoms with E-state index in [-0.39, 0.29) is 44.0 Å². The number of benzene rings is 2. The van der Waals surface area contributed by atoms with Crippen molar-refractivity contribution >= 4 is 15.9 Å². The van der Waals surface area contributed by atoms with Crippen LogP contribution in [-0.2, 0) is 43.9 Å². The summed E-state index contributed by atoms with van der Waals surface area (Å²) in [7, 11) is -0.522. The Morgan fingerprint density at radius 2 is 1.68 bits per heavy atom. The van der Waals surface area contributed by atoms with Crippen LogP contribution in [0.25, 0.3) is 11.1 Å². The molecule has 0 radical (unpaired) electrons. The number of nitrogens with zero attached hydrogens (tertiary/aromatic N) is 5. The summed E-state index contributed by atoms with van der Waals surface area (Å²) in [6.07, 6.45) is 2.17. The average Bonchev–Trinajstić information content (AvgIpc) is 3.39. The van der Waals surface area contributed by atoms with Gasteiger partial charge in [0.2, 0.25) is 15.9 Å². The van der Waals surface area contributed by atoms with Gasteiger partial charge in [-0.25, -0.2) is 13.1 Å². The van der Waals surface area contributed by atoms with E-state index >= 15 is 0 Å². The van der Waals surface area contributed by atoms with Crippen molar-refractivity contribution in [3.8, 4) is 16.9 Å². The van der Waals surface area contributed by atoms with E-state index in [1.165, 1.54) is 4.31 Å². The molecule has 3 aromatic rings. The lowest BCUT2D eigenvalue weighted by atomic mass is 10.0. The Kier molecular flexibility index (Phi) is 10.5. The first kappa shape index (κ1) is 30.6. The molecule has 11 nitrogen and oxygen atoms in total. The molecule has 1 fully saturated rings. The van der Waals surface area contributed by atoms with Crippen LogP contribution in [0, 0.1) is 5.92 Å². The number of sulfonamides is 1. The summed E-state index contributed by atoms with van der Waals surface area (Å²) in [6.45, 7) is 5.48. The second kappa shape index (κ2) is 14.0. The summed E-state index contributed by atoms with van der Waals surface area (Å²) in [6, 6.07) is 14.7. The predicted octanol–water partition coefficient (Wildman–Crippen LogP) is 3.16. The van der Waals surface area contributed by atoms with Crippen LogP contribution < -0.4 is 4.74 Å². The van der Waals surface area contributed by atoms with Crippen molar-refractivity contribution in [2.45, 2.75) is 45.9 Å². The van der Waals surface area contributed by atoms with Gasteiger partial charge in [0.25, 0.3) is 0 Å². The van der Waals surface area contributed by atoms with Gasteiger partial charge in [0.15, 0.2) is 0 Å². The molecule has 1 aliphatic rings. The highest BCUT2D eigenvalue weighted by molar-refractivity contribution is 7.89. The third kappa shape index (κ3) is 8.13. The van der Waals surface area contributed by atoms with Crippen molar-refractivity contribution < 1.29 is 27.4 Å². The lowest BCUT2D eigenvalue weighted by Gasteiger charge is -2.30. The summed E-state index contributed by atoms with van der Waals surface area (Å²) >= 11 is 0. The lowest BCUT2D eigenvalue weighted by Crippen LogP contribution is -2.47. The van der Waals surface area contributed by atoms with E-state index < -0.39 is 16.1 Å². The topological polar surface area (TPSA) is 116 Å². The van der Waals surface area contributed by atoms with E-state index in [4.69, 9.17) is 14.2 Å². The standard InChI is InChI=1S/C29H39N5O6S/c1-22(2)17-28-29(35)32(19-26-20-33(31-30-26)13-15-40-21-38-3)14-16-41(36,37)34(28)18-23-5-7-24(8-6-23)25-9-11-27(39-4)12-10-25/h5-12,20,22,28H,13-19,21H2,1-4H3. The van der Waals surface area contributed by atoms with Crippen molar-refractivity contribution in [3.63, 3.8) is 0 Å². The summed E-state index contributed by atoms with van der Waals surface area (Å²) in [5, 5.41) is 8.29. The Morgan fingerprint density at radius 3 is 2.32 bits per heavy atom. The predicted molar refractivity (Wildman–Crippen MR) is 154 cm³/mol. The molecule has 2 aromatic carbocycles. The van der Waals surface area contributed by atoms with E-state index in [0.29, 0.717) is 25.3 Å². The Bertz CT molecular complexity index is 1380. The molecule has 1 saturated heterocycles. The summed E-state index contributed by atoms with van der Waals surface area (Å²) in [4.78, 5) is 15.4. The fourth-order valence-electron chi connectivity index (χ4n) is 4.79. The molecule has 1 atom stereocenters. The number of rotatable bonds is 13. The molecule has 4 rings (SSSR count). The van der Waals surface area contributed by atoms with Gasteiger partial charge in [-0.3, -0.25) is 4.79 Å². The van der Waals surface area contributed by atoms with Crippen molar-refractivity contribution in [2.75, 3.05) is 39.9 Å². The molecule has 1 amide bonds. The zero-order valence-electron chi connectivity index (χ0n) is 24.1. The fraction of sp³-hybridized carbons (Fsp3) is 0.483. The molecule has 12 heteroatoms. The first-order chi connectivity index (χ1) is 19.7. The maximum atomic E-state index is 13.8. The highest BCUT2D eigenvalue weighted by Gasteiger charge is 2.41. The third-order valence-electron chi connectivity index (χ3n) is 6.94. The van der Waals surface area contributed by atoms with E-state index in [9.17, 15) is 13.2 Å². The number of hydrogen-bond donors (Lipinski definition) is 0. The second-order valence-electron chi connectivity index (χ2n) is 10.5. The van der Waals surface area contributed by atoms with Crippen LogP contribution in [0.1, 0.15) is 31.5 Å². The first-order valence-electron chi connectivity index (χ1n) is 13.7. The number of ether oxygens (including phenoxy) is 3. The van der Waals surface area contributed by atoms with Crippen LogP contribution >= 0.6 is 0 Å². The number of carbonyl (C=O) groups excluding carboxylic acids is 1. The van der Waals surface area contributed by atoms with Crippen LogP contribution in [-0.4, -0.2) is 84.5 Å². The Labute approximate surface area is 242 Å². The Hall–Kier alpha value is -3.32. The summed E-state index contributed by atoms with van der Waals surface area (Å²) in [5.41, 5.74) is 3.45. The highest BCUT2D eigenvalue weighted by atomic mass is 32.2. The number of methoxy groups -OCH3 is 2. The van der Waals surface area contributed by atoms with Gasteiger partial charge in [-0.05, 0) is 41.2 Å². The molecule has 41 heavy (non-hydrogen) atoms. The molecule has 0 bridgehead atoms. The van der Waals surface area contributed by atoms with E-state index in [0.717, 1.165) is 22.4 Å². The monoisotopic (exact) mass is 585 g/mol. The minimum atomic E-state index is -3.71. The van der Waals surface area contributed by atoms with Gasteiger partial charge in [-0.1, -0.05) is 55.5 Å². The molecule has 2 heterocycles. The molecular weight excluding hydrogens is 546 g/mol. The smallest absolute Gasteiger partial charge is 0.241 e. The maximum Gasteiger partial charge on any atom is 0.241 e. The van der Waals surface area contributed by atoms with Gasteiger partial charge in [0.1, 0.15) is 24.3 Å². The maximum absolute atomic E-state index is 13.8. The minimum Gasteiger partial charge on any atom is -0.497 e. The second-order valence-corrected chi connectivity index (χ2v) is 12.5. The number of aromatic nitrogens is 3. The van der Waals surface area contributed by atoms with Gasteiger partial charge in [0.05, 0.1) is 38.8 Å². The van der Waals surface area contributed by atoms with Crippen LogP contribution in [0.15, 0.2) is 54.7 Å². The van der Waals surface area contributed by atoms with E-state index in [1.54, 1.807) is 30.0 Å². The zero-order chi connectivity index (χ0) is 29.4. The van der Waals surface area contributed by atoms with Crippen molar-refractivity contribution in [1.82, 2.24) is 24.2 Å². The number of carbonyl (C=O) groups is 1. The third-order valence-corrected chi connectivity index (χ3v) is 8.73. The van der Waals surface area contributed by atoms with Gasteiger partial charge in [-0.15, -0.1) is 5.10 Å². The Morgan fingerprint density at radius 1 is 1.00 bits per heavy atom. The molecule has 1 aromatic heterocycles. The van der Waals surface area contributed by atoms with Crippen molar-refractivity contribution in [2.24, 2.45) is 5.92 Å². The fourth-order valence-corrected chi connectivity index (χ4v) is 6.39. The van der Waals surface area contributed by atoms with Crippen LogP contribution in [0.5, 0.6) is 5.75 Å². The molecule has 1 aliphatic heterocycles. The zero-order valence-corrected chi connectivity index (χ0v) is 24.9. The molecule has 0 saturated carbocycles. The van der Waals surface area contributed by atoms with E-state index in [1.807, 2.05) is 62.4 Å². The lowest BCUT2D eigenvalue weighted by molar-refractivity contribution is -0.136. The van der Waals surface area contributed by atoms with Gasteiger partial charge in [-0.2, -0.15) is 4.31 Å². The normalized spacial score (nSPS) is 17.6. The summed E-state index contributed by atoms with van der Waals surface area (Å²) < 4.78 is 45.5. The molecular formula is C29H39N5O6S. The van der Waals surface area contributed by atoms with Crippen LogP contribution in [0.4, 0.5) is 0 Å². The number of hydrogen-bond acceptors (Lipinski definition) is 8. The SMILES string of the molecule is COCOCCn1cc(CN2CCS(=O)(=O)N(Cc3ccc(-c4ccc(OC)cc4)cc3)C(CC(C)C)C2=O)nn1. The van der Waals surface area contributed by atoms with Crippen molar-refractivity contribution in [3.05, 3.63) is 66.0 Å². The van der Waals surface area contributed by atoms with Crippen LogP contribution in [0.3, 0.4) is 0 Å². The van der Waals surface area contributed by atoms with E-state index in [2.05, 4.69) is 10.3 Å². The quantitative estimate of drug-likeness (QED) is 0.222.